The Bertz CT molecular complexity index is 320. The Balaban J connectivity index is 2.61. The summed E-state index contributed by atoms with van der Waals surface area (Å²) < 4.78 is 0. The SMILES string of the molecule is CCC(CC)CN(CC)Cc1ccccc1O. The first-order chi connectivity index (χ1) is 8.21. The van der Waals surface area contributed by atoms with Crippen LogP contribution in [0.1, 0.15) is 39.2 Å². The number of benzene rings is 1. The predicted octanol–water partition coefficient (Wildman–Crippen LogP) is 3.65. The summed E-state index contributed by atoms with van der Waals surface area (Å²) in [5.41, 5.74) is 1.03. The van der Waals surface area contributed by atoms with Crippen molar-refractivity contribution in [2.45, 2.75) is 40.2 Å². The van der Waals surface area contributed by atoms with E-state index in [0.29, 0.717) is 5.75 Å². The van der Waals surface area contributed by atoms with Gasteiger partial charge in [0.05, 0.1) is 0 Å². The van der Waals surface area contributed by atoms with Crippen molar-refractivity contribution in [3.63, 3.8) is 0 Å². The molecule has 0 atom stereocenters. The van der Waals surface area contributed by atoms with E-state index in [1.807, 2.05) is 18.2 Å². The molecule has 0 saturated heterocycles. The maximum absolute atomic E-state index is 9.78. The second-order valence-corrected chi connectivity index (χ2v) is 4.64. The van der Waals surface area contributed by atoms with Crippen molar-refractivity contribution in [3.8, 4) is 5.75 Å². The molecular weight excluding hydrogens is 210 g/mol. The van der Waals surface area contributed by atoms with Crippen LogP contribution in [0, 0.1) is 5.92 Å². The zero-order valence-electron chi connectivity index (χ0n) is 11.3. The zero-order valence-corrected chi connectivity index (χ0v) is 11.3. The van der Waals surface area contributed by atoms with Crippen LogP contribution < -0.4 is 0 Å². The highest BCUT2D eigenvalue weighted by Gasteiger charge is 2.11. The number of rotatable bonds is 7. The fourth-order valence-electron chi connectivity index (χ4n) is 2.10. The van der Waals surface area contributed by atoms with Gasteiger partial charge in [-0.05, 0) is 18.5 Å². The summed E-state index contributed by atoms with van der Waals surface area (Å²) in [6, 6.07) is 7.63. The zero-order chi connectivity index (χ0) is 12.7. The molecule has 0 bridgehead atoms. The van der Waals surface area contributed by atoms with Crippen LogP contribution in [0.3, 0.4) is 0 Å². The summed E-state index contributed by atoms with van der Waals surface area (Å²) in [4.78, 5) is 2.41. The maximum Gasteiger partial charge on any atom is 0.120 e. The van der Waals surface area contributed by atoms with Gasteiger partial charge in [0.25, 0.3) is 0 Å². The smallest absolute Gasteiger partial charge is 0.120 e. The Kier molecular flexibility index (Phi) is 6.06. The number of nitrogens with zero attached hydrogens (tertiary/aromatic N) is 1. The lowest BCUT2D eigenvalue weighted by Crippen LogP contribution is -2.28. The van der Waals surface area contributed by atoms with E-state index < -0.39 is 0 Å². The third kappa shape index (κ3) is 4.39. The summed E-state index contributed by atoms with van der Waals surface area (Å²) in [7, 11) is 0. The van der Waals surface area contributed by atoms with E-state index in [0.717, 1.165) is 31.1 Å². The fourth-order valence-corrected chi connectivity index (χ4v) is 2.10. The molecule has 2 heteroatoms. The first kappa shape index (κ1) is 14.0. The second-order valence-electron chi connectivity index (χ2n) is 4.64. The lowest BCUT2D eigenvalue weighted by Gasteiger charge is -2.25. The lowest BCUT2D eigenvalue weighted by molar-refractivity contribution is 0.224. The Hall–Kier alpha value is -1.02. The van der Waals surface area contributed by atoms with Crippen molar-refractivity contribution >= 4 is 0 Å². The first-order valence-corrected chi connectivity index (χ1v) is 6.70. The van der Waals surface area contributed by atoms with Gasteiger partial charge >= 0.3 is 0 Å². The van der Waals surface area contributed by atoms with Crippen molar-refractivity contribution in [2.24, 2.45) is 5.92 Å². The van der Waals surface area contributed by atoms with Gasteiger partial charge in [0.15, 0.2) is 0 Å². The van der Waals surface area contributed by atoms with Gasteiger partial charge in [0.1, 0.15) is 5.75 Å². The summed E-state index contributed by atoms with van der Waals surface area (Å²) in [6.45, 7) is 9.69. The molecule has 0 fully saturated rings. The third-order valence-electron chi connectivity index (χ3n) is 3.50. The van der Waals surface area contributed by atoms with Gasteiger partial charge < -0.3 is 5.11 Å². The topological polar surface area (TPSA) is 23.5 Å². The Labute approximate surface area is 105 Å². The molecule has 1 N–H and O–H groups in total. The number of aromatic hydroxyl groups is 1. The summed E-state index contributed by atoms with van der Waals surface area (Å²) in [6.07, 6.45) is 2.46. The van der Waals surface area contributed by atoms with Crippen molar-refractivity contribution < 1.29 is 5.11 Å². The van der Waals surface area contributed by atoms with E-state index >= 15 is 0 Å². The number of hydrogen-bond donors (Lipinski definition) is 1. The number of hydrogen-bond acceptors (Lipinski definition) is 2. The number of para-hydroxylation sites is 1. The van der Waals surface area contributed by atoms with Gasteiger partial charge in [-0.25, -0.2) is 0 Å². The van der Waals surface area contributed by atoms with Gasteiger partial charge in [0.2, 0.25) is 0 Å². The van der Waals surface area contributed by atoms with E-state index in [4.69, 9.17) is 0 Å². The summed E-state index contributed by atoms with van der Waals surface area (Å²) in [5.74, 6) is 1.18. The Morgan fingerprint density at radius 1 is 1.12 bits per heavy atom. The lowest BCUT2D eigenvalue weighted by atomic mass is 10.0. The first-order valence-electron chi connectivity index (χ1n) is 6.70. The van der Waals surface area contributed by atoms with Crippen molar-refractivity contribution in [3.05, 3.63) is 29.8 Å². The fraction of sp³-hybridized carbons (Fsp3) is 0.600. The summed E-state index contributed by atoms with van der Waals surface area (Å²) in [5, 5.41) is 9.78. The normalized spacial score (nSPS) is 11.4. The highest BCUT2D eigenvalue weighted by Crippen LogP contribution is 2.19. The highest BCUT2D eigenvalue weighted by atomic mass is 16.3. The molecule has 0 unspecified atom stereocenters. The van der Waals surface area contributed by atoms with Crippen LogP contribution in [0.15, 0.2) is 24.3 Å². The number of phenols is 1. The molecule has 0 aliphatic carbocycles. The minimum Gasteiger partial charge on any atom is -0.508 e. The molecule has 96 valence electrons. The average Bonchev–Trinajstić information content (AvgIpc) is 2.36. The molecule has 0 aliphatic rings. The molecule has 1 rings (SSSR count). The molecule has 1 aromatic carbocycles. The van der Waals surface area contributed by atoms with E-state index in [1.165, 1.54) is 12.8 Å². The van der Waals surface area contributed by atoms with E-state index in [2.05, 4.69) is 25.7 Å². The van der Waals surface area contributed by atoms with Crippen molar-refractivity contribution in [1.29, 1.82) is 0 Å². The molecule has 17 heavy (non-hydrogen) atoms. The van der Waals surface area contributed by atoms with Crippen molar-refractivity contribution in [1.82, 2.24) is 4.90 Å². The summed E-state index contributed by atoms with van der Waals surface area (Å²) >= 11 is 0. The standard InChI is InChI=1S/C15H25NO/c1-4-13(5-2)11-16(6-3)12-14-9-7-8-10-15(14)17/h7-10,13,17H,4-6,11-12H2,1-3H3. The quantitative estimate of drug-likeness (QED) is 0.779. The van der Waals surface area contributed by atoms with Gasteiger partial charge in [-0.1, -0.05) is 51.8 Å². The predicted molar refractivity (Wildman–Crippen MR) is 73.1 cm³/mol. The molecule has 0 saturated carbocycles. The van der Waals surface area contributed by atoms with Crippen LogP contribution in [-0.2, 0) is 6.54 Å². The maximum atomic E-state index is 9.78. The average molecular weight is 235 g/mol. The second kappa shape index (κ2) is 7.33. The molecule has 0 radical (unpaired) electrons. The van der Waals surface area contributed by atoms with Gasteiger partial charge in [-0.15, -0.1) is 0 Å². The minimum atomic E-state index is 0.412. The van der Waals surface area contributed by atoms with Crippen LogP contribution in [0.4, 0.5) is 0 Å². The van der Waals surface area contributed by atoms with Gasteiger partial charge in [-0.2, -0.15) is 0 Å². The molecule has 2 nitrogen and oxygen atoms in total. The van der Waals surface area contributed by atoms with E-state index in [-0.39, 0.29) is 0 Å². The molecule has 0 heterocycles. The molecule has 0 spiro atoms. The molecule has 0 aromatic heterocycles. The monoisotopic (exact) mass is 235 g/mol. The van der Waals surface area contributed by atoms with Gasteiger partial charge in [-0.3, -0.25) is 4.90 Å². The molecular formula is C15H25NO. The van der Waals surface area contributed by atoms with Crippen LogP contribution >= 0.6 is 0 Å². The molecule has 1 aromatic rings. The minimum absolute atomic E-state index is 0.412. The van der Waals surface area contributed by atoms with Gasteiger partial charge in [0, 0.05) is 18.7 Å². The Morgan fingerprint density at radius 3 is 2.29 bits per heavy atom. The van der Waals surface area contributed by atoms with Crippen LogP contribution in [0.25, 0.3) is 0 Å². The highest BCUT2D eigenvalue weighted by molar-refractivity contribution is 5.31. The van der Waals surface area contributed by atoms with Crippen LogP contribution in [0.5, 0.6) is 5.75 Å². The van der Waals surface area contributed by atoms with Crippen LogP contribution in [-0.4, -0.2) is 23.1 Å². The van der Waals surface area contributed by atoms with E-state index in [1.54, 1.807) is 6.07 Å². The molecule has 0 amide bonds. The Morgan fingerprint density at radius 2 is 1.76 bits per heavy atom. The number of phenolic OH excluding ortho intramolecular Hbond substituents is 1. The van der Waals surface area contributed by atoms with E-state index in [9.17, 15) is 5.11 Å². The molecule has 0 aliphatic heterocycles. The third-order valence-corrected chi connectivity index (χ3v) is 3.50. The van der Waals surface area contributed by atoms with Crippen LogP contribution in [0.2, 0.25) is 0 Å². The largest absolute Gasteiger partial charge is 0.508 e. The van der Waals surface area contributed by atoms with Crippen molar-refractivity contribution in [2.75, 3.05) is 13.1 Å².